The molecule has 21 heavy (non-hydrogen) atoms. The van der Waals surface area contributed by atoms with Crippen molar-refractivity contribution >= 4 is 28.8 Å². The summed E-state index contributed by atoms with van der Waals surface area (Å²) in [6, 6.07) is 0.818. The SMILES string of the molecule is Cc1nc(Cl)nc(Nc2cc(F)c(F)cc2F)c1[N+](=O)[O-]. The van der Waals surface area contributed by atoms with Gasteiger partial charge < -0.3 is 5.32 Å². The van der Waals surface area contributed by atoms with Crippen LogP contribution in [0.2, 0.25) is 5.28 Å². The fourth-order valence-electron chi connectivity index (χ4n) is 1.58. The van der Waals surface area contributed by atoms with E-state index in [0.717, 1.165) is 0 Å². The van der Waals surface area contributed by atoms with Crippen molar-refractivity contribution in [2.24, 2.45) is 0 Å². The standard InChI is InChI=1S/C11H6ClF3N4O2/c1-4-9(19(20)21)10(18-11(12)16-4)17-8-3-6(14)5(13)2-7(8)15/h2-3H,1H3,(H,16,17,18). The van der Waals surface area contributed by atoms with E-state index in [1.54, 1.807) is 0 Å². The van der Waals surface area contributed by atoms with Gasteiger partial charge in [0, 0.05) is 12.1 Å². The van der Waals surface area contributed by atoms with Gasteiger partial charge in [0.25, 0.3) is 0 Å². The van der Waals surface area contributed by atoms with Crippen molar-refractivity contribution in [3.8, 4) is 0 Å². The van der Waals surface area contributed by atoms with Gasteiger partial charge in [-0.25, -0.2) is 18.2 Å². The quantitative estimate of drug-likeness (QED) is 0.405. The number of anilines is 2. The molecular weight excluding hydrogens is 313 g/mol. The van der Waals surface area contributed by atoms with Crippen molar-refractivity contribution in [1.29, 1.82) is 0 Å². The summed E-state index contributed by atoms with van der Waals surface area (Å²) in [4.78, 5) is 17.3. The molecule has 0 saturated carbocycles. The number of hydrogen-bond donors (Lipinski definition) is 1. The molecule has 1 aromatic carbocycles. The highest BCUT2D eigenvalue weighted by atomic mass is 35.5. The molecule has 0 fully saturated rings. The normalized spacial score (nSPS) is 10.5. The molecule has 1 heterocycles. The molecule has 10 heteroatoms. The third kappa shape index (κ3) is 3.02. The molecule has 2 rings (SSSR count). The van der Waals surface area contributed by atoms with Crippen molar-refractivity contribution < 1.29 is 18.1 Å². The predicted molar refractivity (Wildman–Crippen MR) is 68.0 cm³/mol. The summed E-state index contributed by atoms with van der Waals surface area (Å²) in [6.45, 7) is 1.30. The lowest BCUT2D eigenvalue weighted by Gasteiger charge is -2.09. The average molecular weight is 319 g/mol. The van der Waals surface area contributed by atoms with Crippen LogP contribution in [0.1, 0.15) is 5.69 Å². The minimum atomic E-state index is -1.38. The van der Waals surface area contributed by atoms with Crippen molar-refractivity contribution in [3.63, 3.8) is 0 Å². The van der Waals surface area contributed by atoms with Crippen LogP contribution >= 0.6 is 11.6 Å². The molecule has 0 atom stereocenters. The van der Waals surface area contributed by atoms with Gasteiger partial charge in [-0.2, -0.15) is 4.98 Å². The Morgan fingerprint density at radius 1 is 1.19 bits per heavy atom. The van der Waals surface area contributed by atoms with Crippen LogP contribution in [0.15, 0.2) is 12.1 Å². The Bertz CT molecular complexity index is 742. The van der Waals surface area contributed by atoms with E-state index in [-0.39, 0.29) is 11.0 Å². The summed E-state index contributed by atoms with van der Waals surface area (Å²) in [5.41, 5.74) is -1.14. The minimum absolute atomic E-state index is 0.0644. The zero-order valence-corrected chi connectivity index (χ0v) is 11.1. The Labute approximate surface area is 120 Å². The molecular formula is C11H6ClF3N4O2. The monoisotopic (exact) mass is 318 g/mol. The predicted octanol–water partition coefficient (Wildman–Crippen LogP) is 3.51. The fourth-order valence-corrected chi connectivity index (χ4v) is 1.80. The van der Waals surface area contributed by atoms with Gasteiger partial charge in [0.15, 0.2) is 11.6 Å². The second kappa shape index (κ2) is 5.52. The van der Waals surface area contributed by atoms with Gasteiger partial charge in [-0.05, 0) is 18.5 Å². The Morgan fingerprint density at radius 3 is 2.43 bits per heavy atom. The first-order valence-corrected chi connectivity index (χ1v) is 5.77. The maximum absolute atomic E-state index is 13.5. The molecule has 1 N–H and O–H groups in total. The maximum Gasteiger partial charge on any atom is 0.332 e. The highest BCUT2D eigenvalue weighted by molar-refractivity contribution is 6.28. The van der Waals surface area contributed by atoms with Crippen LogP contribution in [0.3, 0.4) is 0 Å². The van der Waals surface area contributed by atoms with Gasteiger partial charge in [-0.1, -0.05) is 0 Å². The summed E-state index contributed by atoms with van der Waals surface area (Å²) in [7, 11) is 0. The van der Waals surface area contributed by atoms with Crippen LogP contribution in [-0.4, -0.2) is 14.9 Å². The van der Waals surface area contributed by atoms with E-state index in [1.807, 2.05) is 0 Å². The van der Waals surface area contributed by atoms with Gasteiger partial charge in [0.2, 0.25) is 11.1 Å². The average Bonchev–Trinajstić information content (AvgIpc) is 2.34. The van der Waals surface area contributed by atoms with Gasteiger partial charge in [0.1, 0.15) is 11.5 Å². The molecule has 0 aliphatic rings. The van der Waals surface area contributed by atoms with Crippen LogP contribution in [0.5, 0.6) is 0 Å². The van der Waals surface area contributed by atoms with Crippen molar-refractivity contribution in [1.82, 2.24) is 9.97 Å². The molecule has 110 valence electrons. The number of hydrogen-bond acceptors (Lipinski definition) is 5. The van der Waals surface area contributed by atoms with E-state index < -0.39 is 39.6 Å². The van der Waals surface area contributed by atoms with Gasteiger partial charge in [-0.3, -0.25) is 10.1 Å². The number of aryl methyl sites for hydroxylation is 1. The third-order valence-electron chi connectivity index (χ3n) is 2.48. The number of nitro groups is 1. The lowest BCUT2D eigenvalue weighted by Crippen LogP contribution is -2.06. The van der Waals surface area contributed by atoms with Crippen molar-refractivity contribution in [3.05, 3.63) is 50.7 Å². The molecule has 0 aliphatic carbocycles. The maximum atomic E-state index is 13.5. The van der Waals surface area contributed by atoms with E-state index in [1.165, 1.54) is 6.92 Å². The number of nitrogens with one attached hydrogen (secondary N) is 1. The molecule has 0 aliphatic heterocycles. The highest BCUT2D eigenvalue weighted by Gasteiger charge is 2.23. The Morgan fingerprint density at radius 2 is 1.81 bits per heavy atom. The lowest BCUT2D eigenvalue weighted by atomic mass is 10.2. The summed E-state index contributed by atoms with van der Waals surface area (Å²) in [6.07, 6.45) is 0. The highest BCUT2D eigenvalue weighted by Crippen LogP contribution is 2.30. The van der Waals surface area contributed by atoms with Crippen molar-refractivity contribution in [2.45, 2.75) is 6.92 Å². The van der Waals surface area contributed by atoms with E-state index in [0.29, 0.717) is 12.1 Å². The first-order valence-electron chi connectivity index (χ1n) is 5.39. The Balaban J connectivity index is 2.54. The smallest absolute Gasteiger partial charge is 0.332 e. The zero-order chi connectivity index (χ0) is 15.7. The lowest BCUT2D eigenvalue weighted by molar-refractivity contribution is -0.385. The Hall–Kier alpha value is -2.42. The number of halogens is 4. The van der Waals surface area contributed by atoms with Gasteiger partial charge in [-0.15, -0.1) is 0 Å². The molecule has 1 aromatic heterocycles. The summed E-state index contributed by atoms with van der Waals surface area (Å²) in [5.74, 6) is -4.28. The van der Waals surface area contributed by atoms with Crippen LogP contribution in [0.4, 0.5) is 30.4 Å². The van der Waals surface area contributed by atoms with Crippen LogP contribution < -0.4 is 5.32 Å². The molecule has 0 saturated heterocycles. The van der Waals surface area contributed by atoms with Gasteiger partial charge in [0.05, 0.1) is 10.6 Å². The summed E-state index contributed by atoms with van der Waals surface area (Å²) < 4.78 is 39.5. The molecule has 6 nitrogen and oxygen atoms in total. The van der Waals surface area contributed by atoms with Crippen LogP contribution in [-0.2, 0) is 0 Å². The van der Waals surface area contributed by atoms with E-state index in [4.69, 9.17) is 11.6 Å². The van der Waals surface area contributed by atoms with Crippen molar-refractivity contribution in [2.75, 3.05) is 5.32 Å². The molecule has 2 aromatic rings. The minimum Gasteiger partial charge on any atom is -0.332 e. The first kappa shape index (κ1) is 15.0. The second-order valence-electron chi connectivity index (χ2n) is 3.90. The number of aromatic nitrogens is 2. The number of rotatable bonds is 3. The molecule has 0 spiro atoms. The molecule has 0 radical (unpaired) electrons. The second-order valence-corrected chi connectivity index (χ2v) is 4.24. The van der Waals surface area contributed by atoms with E-state index in [9.17, 15) is 23.3 Å². The van der Waals surface area contributed by atoms with Gasteiger partial charge >= 0.3 is 5.69 Å². The fraction of sp³-hybridized carbons (Fsp3) is 0.0909. The Kier molecular flexibility index (Phi) is 3.94. The molecule has 0 amide bonds. The first-order chi connectivity index (χ1) is 9.79. The number of benzene rings is 1. The van der Waals surface area contributed by atoms with E-state index in [2.05, 4.69) is 15.3 Å². The molecule has 0 bridgehead atoms. The van der Waals surface area contributed by atoms with Crippen LogP contribution in [0, 0.1) is 34.5 Å². The summed E-state index contributed by atoms with van der Waals surface area (Å²) >= 11 is 5.58. The van der Waals surface area contributed by atoms with Crippen LogP contribution in [0.25, 0.3) is 0 Å². The summed E-state index contributed by atoms with van der Waals surface area (Å²) in [5, 5.41) is 12.9. The number of nitrogens with zero attached hydrogens (tertiary/aromatic N) is 3. The van der Waals surface area contributed by atoms with E-state index >= 15 is 0 Å². The largest absolute Gasteiger partial charge is 0.332 e. The third-order valence-corrected chi connectivity index (χ3v) is 2.65. The topological polar surface area (TPSA) is 81.0 Å². The molecule has 0 unspecified atom stereocenters. The zero-order valence-electron chi connectivity index (χ0n) is 10.3.